The van der Waals surface area contributed by atoms with Crippen molar-refractivity contribution in [3.63, 3.8) is 0 Å². The van der Waals surface area contributed by atoms with Gasteiger partial charge in [0, 0.05) is 0 Å². The average Bonchev–Trinajstić information content (AvgIpc) is 3.16. The van der Waals surface area contributed by atoms with Crippen LogP contribution in [-0.4, -0.2) is 6.88 Å². The molecule has 30 heavy (non-hydrogen) atoms. The molecular weight excluding hydrogens is 503 g/mol. The van der Waals surface area contributed by atoms with Crippen LogP contribution in [0.3, 0.4) is 0 Å². The van der Waals surface area contributed by atoms with Gasteiger partial charge in [-0.3, -0.25) is 0 Å². The van der Waals surface area contributed by atoms with Crippen LogP contribution in [0.2, 0.25) is 9.26 Å². The maximum Gasteiger partial charge on any atom is -0.147 e. The molecule has 2 unspecified atom stereocenters. The Morgan fingerprint density at radius 1 is 0.800 bits per heavy atom. The normalized spacial score (nSPS) is 21.1. The molecule has 0 aromatic heterocycles. The molecule has 2 aromatic carbocycles. The van der Waals surface area contributed by atoms with Gasteiger partial charge in [0.1, 0.15) is 0 Å². The first-order valence-electron chi connectivity index (χ1n) is 10.4. The maximum atomic E-state index is 2.69. The largest absolute Gasteiger partial charge is 0.147 e. The Morgan fingerprint density at radius 2 is 1.37 bits per heavy atom. The van der Waals surface area contributed by atoms with Crippen molar-refractivity contribution in [2.45, 2.75) is 40.6 Å². The third-order valence-electron chi connectivity index (χ3n) is 7.53. The summed E-state index contributed by atoms with van der Waals surface area (Å²) >= 11 is -3.28. The first-order chi connectivity index (χ1) is 13.1. The average molecular weight is 537 g/mol. The van der Waals surface area contributed by atoms with E-state index in [1.165, 1.54) is 22.3 Å². The molecule has 0 saturated carbocycles. The number of allylic oxidation sites excluding steroid dienone is 5. The second-order valence-electron chi connectivity index (χ2n) is 9.89. The monoisotopic (exact) mass is 534 g/mol. The minimum Gasteiger partial charge on any atom is -0.147 e. The van der Waals surface area contributed by atoms with Gasteiger partial charge in [-0.05, 0) is 0 Å². The van der Waals surface area contributed by atoms with Gasteiger partial charge in [-0.25, -0.2) is 0 Å². The molecule has 2 atom stereocenters. The van der Waals surface area contributed by atoms with Crippen molar-refractivity contribution in [3.8, 4) is 0 Å². The van der Waals surface area contributed by atoms with Crippen LogP contribution >= 0.6 is 24.8 Å². The van der Waals surface area contributed by atoms with E-state index in [2.05, 4.69) is 105 Å². The van der Waals surface area contributed by atoms with Gasteiger partial charge in [-0.2, -0.15) is 0 Å². The van der Waals surface area contributed by atoms with Crippen molar-refractivity contribution in [2.75, 3.05) is 0 Å². The Labute approximate surface area is 197 Å². The van der Waals surface area contributed by atoms with E-state index in [1.54, 1.807) is 16.7 Å². The molecule has 4 heteroatoms. The zero-order valence-electron chi connectivity index (χ0n) is 19.0. The smallest absolute Gasteiger partial charge is 0.147 e. The summed E-state index contributed by atoms with van der Waals surface area (Å²) in [6.07, 6.45) is 2.63. The number of hydrogen-bond donors (Lipinski definition) is 0. The van der Waals surface area contributed by atoms with Gasteiger partial charge in [0.05, 0.1) is 0 Å². The van der Waals surface area contributed by atoms with Crippen LogP contribution in [0.4, 0.5) is 0 Å². The fourth-order valence-electron chi connectivity index (χ4n) is 5.85. The molecule has 2 aliphatic carbocycles. The molecule has 0 saturated heterocycles. The fraction of sp³-hybridized carbons (Fsp3) is 0.308. The first kappa shape index (κ1) is 25.6. The fourth-order valence-corrected chi connectivity index (χ4v) is 24.4. The first-order valence-corrected chi connectivity index (χ1v) is 23.9. The van der Waals surface area contributed by atoms with Crippen LogP contribution in [-0.2, 0) is 17.4 Å². The second kappa shape index (κ2) is 8.70. The molecule has 0 heterocycles. The van der Waals surface area contributed by atoms with E-state index in [4.69, 9.17) is 0 Å². The predicted octanol–water partition coefficient (Wildman–Crippen LogP) is 7.61. The molecule has 2 aromatic rings. The topological polar surface area (TPSA) is 0 Å². The number of benzene rings is 2. The summed E-state index contributed by atoms with van der Waals surface area (Å²) in [5.41, 5.74) is 10.5. The van der Waals surface area contributed by atoms with Gasteiger partial charge in [0.15, 0.2) is 0 Å². The minimum atomic E-state index is -3.28. The van der Waals surface area contributed by atoms with Crippen LogP contribution in [0.25, 0.3) is 5.57 Å². The van der Waals surface area contributed by atoms with E-state index in [9.17, 15) is 0 Å². The van der Waals surface area contributed by atoms with E-state index in [-0.39, 0.29) is 24.8 Å². The maximum absolute atomic E-state index is 3.28. The molecular formula is C26H34Cl2SiZr. The van der Waals surface area contributed by atoms with E-state index in [0.717, 1.165) is 0 Å². The SMILES string of the molecule is CC1=C(C)C(C)[C]([Zr]([CH3])([CH3])(=[SiH2])[CH]2C=C(c3ccccc3)c3ccccc32)=C1C.Cl.Cl. The molecule has 0 aliphatic heterocycles. The molecule has 2 aliphatic rings. The van der Waals surface area contributed by atoms with Gasteiger partial charge in [-0.15, -0.1) is 24.8 Å². The minimum absolute atomic E-state index is 0. The van der Waals surface area contributed by atoms with Crippen molar-refractivity contribution in [2.24, 2.45) is 5.92 Å². The third-order valence-corrected chi connectivity index (χ3v) is 24.8. The molecule has 0 radical (unpaired) electrons. The third kappa shape index (κ3) is 3.83. The van der Waals surface area contributed by atoms with Crippen LogP contribution in [0.5, 0.6) is 0 Å². The van der Waals surface area contributed by atoms with Crippen LogP contribution in [0, 0.1) is 5.92 Å². The van der Waals surface area contributed by atoms with Crippen molar-refractivity contribution >= 4 is 37.3 Å². The number of halogens is 2. The number of fused-ring (bicyclic) bond motifs is 1. The summed E-state index contributed by atoms with van der Waals surface area (Å²) in [4.78, 5) is 0. The van der Waals surface area contributed by atoms with Crippen molar-refractivity contribution in [3.05, 3.63) is 97.4 Å². The zero-order chi connectivity index (χ0) is 20.3. The van der Waals surface area contributed by atoms with Crippen molar-refractivity contribution in [1.29, 1.82) is 0 Å². The van der Waals surface area contributed by atoms with Gasteiger partial charge >= 0.3 is 174 Å². The van der Waals surface area contributed by atoms with E-state index in [1.807, 2.05) is 3.28 Å². The molecule has 4 rings (SSSR count). The Hall–Kier alpha value is -0.660. The number of hydrogen-bond acceptors (Lipinski definition) is 0. The molecule has 0 nitrogen and oxygen atoms in total. The van der Waals surface area contributed by atoms with Crippen molar-refractivity contribution in [1.82, 2.24) is 0 Å². The Kier molecular flexibility index (Phi) is 7.43. The van der Waals surface area contributed by atoms with E-state index >= 15 is 0 Å². The Bertz CT molecular complexity index is 1130. The van der Waals surface area contributed by atoms with Gasteiger partial charge in [0.2, 0.25) is 0 Å². The summed E-state index contributed by atoms with van der Waals surface area (Å²) in [6.45, 7) is 11.9. The summed E-state index contributed by atoms with van der Waals surface area (Å²) in [7, 11) is 0. The molecule has 0 bridgehead atoms. The molecule has 0 spiro atoms. The predicted molar refractivity (Wildman–Crippen MR) is 138 cm³/mol. The van der Waals surface area contributed by atoms with Crippen LogP contribution in [0.15, 0.2) is 80.7 Å². The molecule has 0 amide bonds. The Morgan fingerprint density at radius 3 is 1.93 bits per heavy atom. The molecule has 160 valence electrons. The van der Waals surface area contributed by atoms with Crippen LogP contribution in [0.1, 0.15) is 48.0 Å². The quantitative estimate of drug-likeness (QED) is 0.354. The second-order valence-corrected chi connectivity index (χ2v) is 39.4. The van der Waals surface area contributed by atoms with Crippen LogP contribution < -0.4 is 0 Å². The van der Waals surface area contributed by atoms with Gasteiger partial charge < -0.3 is 0 Å². The summed E-state index contributed by atoms with van der Waals surface area (Å²) in [5, 5.41) is 0. The number of rotatable bonds is 3. The molecule has 0 N–H and O–H groups in total. The molecule has 0 fully saturated rings. The van der Waals surface area contributed by atoms with E-state index in [0.29, 0.717) is 9.54 Å². The van der Waals surface area contributed by atoms with Crippen molar-refractivity contribution < 1.29 is 17.4 Å². The summed E-state index contributed by atoms with van der Waals surface area (Å²) in [5.74, 6) is 0.597. The zero-order valence-corrected chi connectivity index (χ0v) is 24.5. The Balaban J connectivity index is 0.00000160. The standard InChI is InChI=1S/C15H11.C9H13.2CH3.2ClH.H2Si.Zr/c1-2-6-12(7-3-1)15-11-10-13-8-4-5-9-14(13)15;1-6-5-7(2)9(4)8(6)3;;;;;;/h1-11H;6H,1-4H3;2*1H3;2*1H;1H2;. The summed E-state index contributed by atoms with van der Waals surface area (Å²) < 4.78 is 7.76. The van der Waals surface area contributed by atoms with Gasteiger partial charge in [0.25, 0.3) is 0 Å². The van der Waals surface area contributed by atoms with E-state index < -0.39 is 17.4 Å². The summed E-state index contributed by atoms with van der Waals surface area (Å²) in [6, 6.07) is 20.1. The van der Waals surface area contributed by atoms with Gasteiger partial charge in [-0.1, -0.05) is 0 Å².